The van der Waals surface area contributed by atoms with Crippen LogP contribution in [0, 0.1) is 0 Å². The van der Waals surface area contributed by atoms with Crippen LogP contribution in [0.3, 0.4) is 0 Å². The van der Waals surface area contributed by atoms with E-state index >= 15 is 0 Å². The standard InChI is InChI=1S/C11H8N2O3/c14-11(15)7-5-12-13-8-3-1-2-4-10(8)16-6-9(7)13/h1-5H,6H2,(H,14,15). The lowest BCUT2D eigenvalue weighted by Gasteiger charge is -2.19. The molecule has 0 bridgehead atoms. The summed E-state index contributed by atoms with van der Waals surface area (Å²) in [5, 5.41) is 13.0. The summed E-state index contributed by atoms with van der Waals surface area (Å²) >= 11 is 0. The molecule has 1 aromatic carbocycles. The van der Waals surface area contributed by atoms with Gasteiger partial charge in [0.25, 0.3) is 0 Å². The molecule has 80 valence electrons. The fourth-order valence-corrected chi connectivity index (χ4v) is 1.80. The van der Waals surface area contributed by atoms with E-state index in [1.165, 1.54) is 6.20 Å². The second-order valence-corrected chi connectivity index (χ2v) is 3.48. The van der Waals surface area contributed by atoms with E-state index in [9.17, 15) is 4.79 Å². The Morgan fingerprint density at radius 2 is 2.25 bits per heavy atom. The predicted molar refractivity (Wildman–Crippen MR) is 54.9 cm³/mol. The van der Waals surface area contributed by atoms with Gasteiger partial charge in [0, 0.05) is 0 Å². The number of nitrogens with zero attached hydrogens (tertiary/aromatic N) is 2. The molecule has 0 saturated heterocycles. The zero-order valence-electron chi connectivity index (χ0n) is 8.25. The van der Waals surface area contributed by atoms with Gasteiger partial charge in [-0.1, -0.05) is 12.1 Å². The zero-order chi connectivity index (χ0) is 11.1. The Morgan fingerprint density at radius 1 is 1.44 bits per heavy atom. The molecule has 1 aromatic heterocycles. The number of rotatable bonds is 1. The van der Waals surface area contributed by atoms with Gasteiger partial charge in [0.2, 0.25) is 0 Å². The van der Waals surface area contributed by atoms with Gasteiger partial charge in [0.15, 0.2) is 0 Å². The van der Waals surface area contributed by atoms with Crippen molar-refractivity contribution in [3.05, 3.63) is 41.7 Å². The normalized spacial score (nSPS) is 12.5. The van der Waals surface area contributed by atoms with Gasteiger partial charge in [-0.15, -0.1) is 0 Å². The zero-order valence-corrected chi connectivity index (χ0v) is 8.25. The summed E-state index contributed by atoms with van der Waals surface area (Å²) in [5.74, 6) is -0.265. The number of aromatic carboxylic acids is 1. The highest BCUT2D eigenvalue weighted by Crippen LogP contribution is 2.29. The van der Waals surface area contributed by atoms with E-state index in [1.54, 1.807) is 4.68 Å². The van der Waals surface area contributed by atoms with Crippen LogP contribution in [-0.4, -0.2) is 20.9 Å². The molecule has 1 aliphatic rings. The van der Waals surface area contributed by atoms with Crippen molar-refractivity contribution < 1.29 is 14.6 Å². The van der Waals surface area contributed by atoms with Crippen LogP contribution < -0.4 is 4.74 Å². The summed E-state index contributed by atoms with van der Waals surface area (Å²) in [6, 6.07) is 7.40. The monoisotopic (exact) mass is 216 g/mol. The molecule has 1 aliphatic heterocycles. The van der Waals surface area contributed by atoms with E-state index in [-0.39, 0.29) is 12.2 Å². The Kier molecular flexibility index (Phi) is 1.73. The summed E-state index contributed by atoms with van der Waals surface area (Å²) in [7, 11) is 0. The number of carboxylic acids is 1. The third-order valence-corrected chi connectivity index (χ3v) is 2.56. The molecule has 2 heterocycles. The SMILES string of the molecule is O=C(O)c1cnn2c1COc1ccccc1-2. The van der Waals surface area contributed by atoms with Crippen LogP contribution >= 0.6 is 0 Å². The molecule has 1 N–H and O–H groups in total. The molecule has 5 nitrogen and oxygen atoms in total. The van der Waals surface area contributed by atoms with Gasteiger partial charge in [-0.2, -0.15) is 5.10 Å². The van der Waals surface area contributed by atoms with Gasteiger partial charge < -0.3 is 9.84 Å². The molecule has 0 radical (unpaired) electrons. The first-order valence-corrected chi connectivity index (χ1v) is 4.80. The summed E-state index contributed by atoms with van der Waals surface area (Å²) in [4.78, 5) is 10.9. The van der Waals surface area contributed by atoms with Crippen molar-refractivity contribution in [1.29, 1.82) is 0 Å². The molecule has 0 unspecified atom stereocenters. The highest BCUT2D eigenvalue weighted by atomic mass is 16.5. The van der Waals surface area contributed by atoms with Gasteiger partial charge in [-0.3, -0.25) is 0 Å². The van der Waals surface area contributed by atoms with Gasteiger partial charge in [0.1, 0.15) is 23.6 Å². The molecule has 2 aromatic rings. The maximum absolute atomic E-state index is 10.9. The van der Waals surface area contributed by atoms with Crippen molar-refractivity contribution in [3.8, 4) is 11.4 Å². The Bertz CT molecular complexity index is 574. The number of hydrogen-bond acceptors (Lipinski definition) is 3. The van der Waals surface area contributed by atoms with Crippen LogP contribution in [0.5, 0.6) is 5.75 Å². The number of carboxylic acid groups (broad SMARTS) is 1. The van der Waals surface area contributed by atoms with E-state index in [1.807, 2.05) is 24.3 Å². The number of hydrogen-bond donors (Lipinski definition) is 1. The largest absolute Gasteiger partial charge is 0.485 e. The van der Waals surface area contributed by atoms with Crippen LogP contribution in [0.1, 0.15) is 16.1 Å². The predicted octanol–water partition coefficient (Wildman–Crippen LogP) is 1.46. The number of carbonyl (C=O) groups is 1. The fraction of sp³-hybridized carbons (Fsp3) is 0.0909. The van der Waals surface area contributed by atoms with Crippen LogP contribution in [0.2, 0.25) is 0 Å². The van der Waals surface area contributed by atoms with Crippen LogP contribution in [-0.2, 0) is 6.61 Å². The van der Waals surface area contributed by atoms with Gasteiger partial charge in [-0.05, 0) is 12.1 Å². The van der Waals surface area contributed by atoms with Crippen molar-refractivity contribution in [2.45, 2.75) is 6.61 Å². The molecule has 0 fully saturated rings. The first kappa shape index (κ1) is 8.96. The van der Waals surface area contributed by atoms with E-state index < -0.39 is 5.97 Å². The average molecular weight is 216 g/mol. The highest BCUT2D eigenvalue weighted by molar-refractivity contribution is 5.89. The van der Waals surface area contributed by atoms with E-state index in [2.05, 4.69) is 5.10 Å². The van der Waals surface area contributed by atoms with E-state index in [0.717, 1.165) is 11.4 Å². The molecule has 5 heteroatoms. The number of ether oxygens (including phenoxy) is 1. The Balaban J connectivity index is 2.23. The van der Waals surface area contributed by atoms with Gasteiger partial charge >= 0.3 is 5.97 Å². The molecule has 0 atom stereocenters. The summed E-state index contributed by atoms with van der Waals surface area (Å²) in [5.41, 5.74) is 1.54. The van der Waals surface area contributed by atoms with E-state index in [4.69, 9.17) is 9.84 Å². The molecule has 0 aliphatic carbocycles. The average Bonchev–Trinajstić information content (AvgIpc) is 2.73. The molecule has 0 spiro atoms. The van der Waals surface area contributed by atoms with Crippen LogP contribution in [0.25, 0.3) is 5.69 Å². The second-order valence-electron chi connectivity index (χ2n) is 3.48. The third kappa shape index (κ3) is 1.11. The van der Waals surface area contributed by atoms with E-state index in [0.29, 0.717) is 5.69 Å². The molecule has 16 heavy (non-hydrogen) atoms. The number of aromatic nitrogens is 2. The third-order valence-electron chi connectivity index (χ3n) is 2.56. The Hall–Kier alpha value is -2.30. The van der Waals surface area contributed by atoms with Crippen LogP contribution in [0.15, 0.2) is 30.5 Å². The maximum Gasteiger partial charge on any atom is 0.339 e. The number of fused-ring (bicyclic) bond motifs is 3. The minimum atomic E-state index is -0.982. The van der Waals surface area contributed by atoms with Crippen molar-refractivity contribution >= 4 is 5.97 Å². The quantitative estimate of drug-likeness (QED) is 0.783. The van der Waals surface area contributed by atoms with Gasteiger partial charge in [0.05, 0.1) is 11.9 Å². The summed E-state index contributed by atoms with van der Waals surface area (Å²) in [6.45, 7) is 0.235. The lowest BCUT2D eigenvalue weighted by Crippen LogP contribution is -2.15. The van der Waals surface area contributed by atoms with Crippen molar-refractivity contribution in [3.63, 3.8) is 0 Å². The number of para-hydroxylation sites is 2. The smallest absolute Gasteiger partial charge is 0.339 e. The van der Waals surface area contributed by atoms with Crippen molar-refractivity contribution in [2.75, 3.05) is 0 Å². The van der Waals surface area contributed by atoms with Crippen molar-refractivity contribution in [1.82, 2.24) is 9.78 Å². The number of benzene rings is 1. The molecule has 3 rings (SSSR count). The second kappa shape index (κ2) is 3.10. The summed E-state index contributed by atoms with van der Waals surface area (Å²) < 4.78 is 7.09. The fourth-order valence-electron chi connectivity index (χ4n) is 1.80. The van der Waals surface area contributed by atoms with Crippen LogP contribution in [0.4, 0.5) is 0 Å². The van der Waals surface area contributed by atoms with Crippen molar-refractivity contribution in [2.24, 2.45) is 0 Å². The molecule has 0 saturated carbocycles. The topological polar surface area (TPSA) is 64.3 Å². The first-order valence-electron chi connectivity index (χ1n) is 4.80. The summed E-state index contributed by atoms with van der Waals surface area (Å²) in [6.07, 6.45) is 1.35. The lowest BCUT2D eigenvalue weighted by atomic mass is 10.2. The highest BCUT2D eigenvalue weighted by Gasteiger charge is 2.23. The maximum atomic E-state index is 10.9. The first-order chi connectivity index (χ1) is 7.77. The lowest BCUT2D eigenvalue weighted by molar-refractivity contribution is 0.0693. The minimum Gasteiger partial charge on any atom is -0.485 e. The molecular weight excluding hydrogens is 208 g/mol. The Morgan fingerprint density at radius 3 is 3.06 bits per heavy atom. The Labute approximate surface area is 90.9 Å². The molecular formula is C11H8N2O3. The minimum absolute atomic E-state index is 0.189. The van der Waals surface area contributed by atoms with Gasteiger partial charge in [-0.25, -0.2) is 9.48 Å². The molecule has 0 amide bonds.